The molecule has 0 spiro atoms. The Kier molecular flexibility index (Phi) is 4.95. The lowest BCUT2D eigenvalue weighted by Crippen LogP contribution is -2.39. The lowest BCUT2D eigenvalue weighted by Gasteiger charge is -2.35. The number of hydrogen-bond donors (Lipinski definition) is 0. The van der Waals surface area contributed by atoms with Crippen LogP contribution in [0.25, 0.3) is 0 Å². The summed E-state index contributed by atoms with van der Waals surface area (Å²) >= 11 is 0. The summed E-state index contributed by atoms with van der Waals surface area (Å²) in [6.45, 7) is 14.4. The average Bonchev–Trinajstić information content (AvgIpc) is 2.77. The van der Waals surface area contributed by atoms with Crippen molar-refractivity contribution in [2.45, 2.75) is 59.4 Å². The predicted molar refractivity (Wildman–Crippen MR) is 93.9 cm³/mol. The van der Waals surface area contributed by atoms with Crippen molar-refractivity contribution >= 4 is 5.91 Å². The lowest BCUT2D eigenvalue weighted by atomic mass is 9.91. The fourth-order valence-electron chi connectivity index (χ4n) is 3.98. The van der Waals surface area contributed by atoms with E-state index in [0.29, 0.717) is 11.3 Å². The molecule has 1 saturated heterocycles. The first-order valence-electron chi connectivity index (χ1n) is 9.23. The molecular weight excluding hydrogens is 302 g/mol. The normalized spacial score (nSPS) is 20.8. The van der Waals surface area contributed by atoms with Crippen LogP contribution in [0.3, 0.4) is 0 Å². The van der Waals surface area contributed by atoms with Crippen LogP contribution in [0.15, 0.2) is 0 Å². The van der Waals surface area contributed by atoms with Crippen LogP contribution in [0, 0.1) is 5.41 Å². The van der Waals surface area contributed by atoms with Gasteiger partial charge >= 0.3 is 0 Å². The zero-order valence-electron chi connectivity index (χ0n) is 15.6. The third-order valence-corrected chi connectivity index (χ3v) is 5.15. The Labute approximate surface area is 145 Å². The summed E-state index contributed by atoms with van der Waals surface area (Å²) in [5, 5.41) is 8.95. The Morgan fingerprint density at radius 2 is 1.79 bits per heavy atom. The van der Waals surface area contributed by atoms with Crippen molar-refractivity contribution < 1.29 is 4.79 Å². The standard InChI is InChI=1S/C18H31N5O/c1-14(24)22-10-7-16-19-20-17(23(16)12-11-22)15-5-8-21(9-6-15)13-18(2,3)4/h15H,5-13H2,1-4H3. The molecule has 0 aromatic carbocycles. The highest BCUT2D eigenvalue weighted by atomic mass is 16.2. The molecule has 3 rings (SSSR count). The molecule has 0 unspecified atom stereocenters. The van der Waals surface area contributed by atoms with Gasteiger partial charge in [-0.3, -0.25) is 4.79 Å². The van der Waals surface area contributed by atoms with Gasteiger partial charge in [0, 0.05) is 45.4 Å². The average molecular weight is 333 g/mol. The molecule has 0 N–H and O–H groups in total. The molecule has 134 valence electrons. The monoisotopic (exact) mass is 333 g/mol. The van der Waals surface area contributed by atoms with Crippen LogP contribution in [0.1, 0.15) is 58.1 Å². The zero-order chi connectivity index (χ0) is 17.3. The summed E-state index contributed by atoms with van der Waals surface area (Å²) in [5.74, 6) is 2.86. The fourth-order valence-corrected chi connectivity index (χ4v) is 3.98. The molecule has 2 aliphatic rings. The third-order valence-electron chi connectivity index (χ3n) is 5.15. The van der Waals surface area contributed by atoms with E-state index in [9.17, 15) is 4.79 Å². The Morgan fingerprint density at radius 3 is 2.42 bits per heavy atom. The molecule has 1 fully saturated rings. The number of carbonyl (C=O) groups is 1. The molecule has 0 bridgehead atoms. The van der Waals surface area contributed by atoms with Crippen LogP contribution in [-0.4, -0.2) is 63.2 Å². The minimum absolute atomic E-state index is 0.158. The summed E-state index contributed by atoms with van der Waals surface area (Å²) in [5.41, 5.74) is 0.356. The third kappa shape index (κ3) is 3.97. The highest BCUT2D eigenvalue weighted by molar-refractivity contribution is 5.73. The molecule has 0 saturated carbocycles. The first kappa shape index (κ1) is 17.4. The summed E-state index contributed by atoms with van der Waals surface area (Å²) < 4.78 is 2.28. The number of aromatic nitrogens is 3. The topological polar surface area (TPSA) is 54.3 Å². The highest BCUT2D eigenvalue weighted by Gasteiger charge is 2.29. The second-order valence-corrected chi connectivity index (χ2v) is 8.49. The molecule has 0 atom stereocenters. The van der Waals surface area contributed by atoms with E-state index >= 15 is 0 Å². The summed E-state index contributed by atoms with van der Waals surface area (Å²) in [6, 6.07) is 0. The van der Waals surface area contributed by atoms with Crippen molar-refractivity contribution in [3.8, 4) is 0 Å². The maximum absolute atomic E-state index is 11.6. The van der Waals surface area contributed by atoms with Crippen LogP contribution in [-0.2, 0) is 17.8 Å². The van der Waals surface area contributed by atoms with Gasteiger partial charge in [0.25, 0.3) is 0 Å². The van der Waals surface area contributed by atoms with E-state index in [1.54, 1.807) is 6.92 Å². The number of fused-ring (bicyclic) bond motifs is 1. The van der Waals surface area contributed by atoms with Gasteiger partial charge in [0.15, 0.2) is 0 Å². The van der Waals surface area contributed by atoms with Gasteiger partial charge in [-0.1, -0.05) is 20.8 Å². The fraction of sp³-hybridized carbons (Fsp3) is 0.833. The van der Waals surface area contributed by atoms with Crippen molar-refractivity contribution in [3.05, 3.63) is 11.6 Å². The Hall–Kier alpha value is -1.43. The van der Waals surface area contributed by atoms with Crippen LogP contribution < -0.4 is 0 Å². The summed E-state index contributed by atoms with van der Waals surface area (Å²) in [4.78, 5) is 16.1. The smallest absolute Gasteiger partial charge is 0.219 e. The number of piperidine rings is 1. The minimum atomic E-state index is 0.158. The molecule has 0 aliphatic carbocycles. The van der Waals surface area contributed by atoms with Crippen molar-refractivity contribution in [2.24, 2.45) is 5.41 Å². The highest BCUT2D eigenvalue weighted by Crippen LogP contribution is 2.29. The summed E-state index contributed by atoms with van der Waals surface area (Å²) in [6.07, 6.45) is 3.13. The zero-order valence-corrected chi connectivity index (χ0v) is 15.6. The van der Waals surface area contributed by atoms with Crippen molar-refractivity contribution in [2.75, 3.05) is 32.7 Å². The molecule has 1 aromatic rings. The minimum Gasteiger partial charge on any atom is -0.341 e. The van der Waals surface area contributed by atoms with Crippen molar-refractivity contribution in [1.29, 1.82) is 0 Å². The van der Waals surface area contributed by atoms with Crippen LogP contribution >= 0.6 is 0 Å². The van der Waals surface area contributed by atoms with E-state index in [-0.39, 0.29) is 5.91 Å². The maximum atomic E-state index is 11.6. The first-order valence-corrected chi connectivity index (χ1v) is 9.23. The molecule has 3 heterocycles. The SMILES string of the molecule is CC(=O)N1CCc2nnc(C3CCN(CC(C)(C)C)CC3)n2CC1. The van der Waals surface area contributed by atoms with Crippen LogP contribution in [0.2, 0.25) is 0 Å². The second kappa shape index (κ2) is 6.82. The van der Waals surface area contributed by atoms with Gasteiger partial charge in [0.05, 0.1) is 0 Å². The van der Waals surface area contributed by atoms with E-state index in [1.165, 1.54) is 0 Å². The quantitative estimate of drug-likeness (QED) is 0.829. The van der Waals surface area contributed by atoms with Gasteiger partial charge in [-0.25, -0.2) is 0 Å². The Bertz CT molecular complexity index is 581. The molecular formula is C18H31N5O. The number of nitrogens with zero attached hydrogens (tertiary/aromatic N) is 5. The van der Waals surface area contributed by atoms with E-state index in [2.05, 4.69) is 40.4 Å². The van der Waals surface area contributed by atoms with Crippen LogP contribution in [0.4, 0.5) is 0 Å². The largest absolute Gasteiger partial charge is 0.341 e. The predicted octanol–water partition coefficient (Wildman–Crippen LogP) is 1.91. The number of hydrogen-bond acceptors (Lipinski definition) is 4. The van der Waals surface area contributed by atoms with Crippen LogP contribution in [0.5, 0.6) is 0 Å². The van der Waals surface area contributed by atoms with Gasteiger partial charge in [-0.15, -0.1) is 10.2 Å². The van der Waals surface area contributed by atoms with E-state index in [4.69, 9.17) is 0 Å². The molecule has 24 heavy (non-hydrogen) atoms. The van der Waals surface area contributed by atoms with Gasteiger partial charge < -0.3 is 14.4 Å². The number of carbonyl (C=O) groups excluding carboxylic acids is 1. The van der Waals surface area contributed by atoms with Gasteiger partial charge in [-0.05, 0) is 31.3 Å². The number of amides is 1. The first-order chi connectivity index (χ1) is 11.3. The number of rotatable bonds is 2. The molecule has 1 amide bonds. The second-order valence-electron chi connectivity index (χ2n) is 8.49. The van der Waals surface area contributed by atoms with E-state index in [1.807, 2.05) is 4.90 Å². The molecule has 1 aromatic heterocycles. The summed E-state index contributed by atoms with van der Waals surface area (Å²) in [7, 11) is 0. The molecule has 6 heteroatoms. The van der Waals surface area contributed by atoms with Crippen molar-refractivity contribution in [1.82, 2.24) is 24.6 Å². The Balaban J connectivity index is 1.64. The van der Waals surface area contributed by atoms with Gasteiger partial charge in [0.2, 0.25) is 5.91 Å². The van der Waals surface area contributed by atoms with E-state index in [0.717, 1.165) is 70.2 Å². The van der Waals surface area contributed by atoms with Gasteiger partial charge in [0.1, 0.15) is 11.6 Å². The molecule has 0 radical (unpaired) electrons. The van der Waals surface area contributed by atoms with Crippen molar-refractivity contribution in [3.63, 3.8) is 0 Å². The Morgan fingerprint density at radius 1 is 1.08 bits per heavy atom. The van der Waals surface area contributed by atoms with E-state index < -0.39 is 0 Å². The maximum Gasteiger partial charge on any atom is 0.219 e. The number of likely N-dealkylation sites (tertiary alicyclic amines) is 1. The van der Waals surface area contributed by atoms with Gasteiger partial charge in [-0.2, -0.15) is 0 Å². The molecule has 6 nitrogen and oxygen atoms in total. The molecule has 2 aliphatic heterocycles. The lowest BCUT2D eigenvalue weighted by molar-refractivity contribution is -0.128.